The minimum Gasteiger partial charge on any atom is -0.321 e. The molecule has 0 saturated heterocycles. The quantitative estimate of drug-likeness (QED) is 0.655. The van der Waals surface area contributed by atoms with E-state index >= 15 is 0 Å². The lowest BCUT2D eigenvalue weighted by atomic mass is 9.94. The van der Waals surface area contributed by atoms with Gasteiger partial charge in [0.05, 0.1) is 23.0 Å². The van der Waals surface area contributed by atoms with Crippen molar-refractivity contribution in [2.45, 2.75) is 38.1 Å². The molecule has 2 aliphatic rings. The molecule has 0 atom stereocenters. The predicted molar refractivity (Wildman–Crippen MR) is 111 cm³/mol. The molecule has 9 nitrogen and oxygen atoms in total. The first-order valence-corrected chi connectivity index (χ1v) is 10.3. The van der Waals surface area contributed by atoms with Gasteiger partial charge in [0.15, 0.2) is 0 Å². The number of rotatable bonds is 4. The van der Waals surface area contributed by atoms with Crippen molar-refractivity contribution in [1.29, 1.82) is 0 Å². The summed E-state index contributed by atoms with van der Waals surface area (Å²) in [7, 11) is 0. The van der Waals surface area contributed by atoms with E-state index in [0.29, 0.717) is 28.2 Å². The third kappa shape index (κ3) is 3.48. The number of benzene rings is 1. The lowest BCUT2D eigenvalue weighted by molar-refractivity contribution is 0.0549. The highest BCUT2D eigenvalue weighted by Gasteiger charge is 2.40. The zero-order valence-electron chi connectivity index (χ0n) is 16.7. The minimum atomic E-state index is -0.377. The summed E-state index contributed by atoms with van der Waals surface area (Å²) in [6.45, 7) is 0. The van der Waals surface area contributed by atoms with E-state index in [1.807, 2.05) is 0 Å². The molecule has 1 aliphatic carbocycles. The van der Waals surface area contributed by atoms with E-state index in [0.717, 1.165) is 32.1 Å². The minimum absolute atomic E-state index is 0.0475. The summed E-state index contributed by atoms with van der Waals surface area (Å²) in [5, 5.41) is 10.2. The van der Waals surface area contributed by atoms with E-state index in [4.69, 9.17) is 0 Å². The number of pyridine rings is 1. The maximum Gasteiger partial charge on any atom is 0.261 e. The first-order chi connectivity index (χ1) is 15.1. The van der Waals surface area contributed by atoms with Gasteiger partial charge in [0.25, 0.3) is 17.7 Å². The highest BCUT2D eigenvalue weighted by Crippen LogP contribution is 2.31. The Morgan fingerprint density at radius 3 is 2.39 bits per heavy atom. The average Bonchev–Trinajstić information content (AvgIpc) is 3.42. The molecule has 2 aromatic heterocycles. The second-order valence-corrected chi connectivity index (χ2v) is 7.76. The predicted octanol–water partition coefficient (Wildman–Crippen LogP) is 2.84. The highest BCUT2D eigenvalue weighted by molar-refractivity contribution is 6.22. The third-order valence-corrected chi connectivity index (χ3v) is 5.81. The number of nitrogens with one attached hydrogen (secondary N) is 1. The maximum atomic E-state index is 12.9. The molecule has 5 rings (SSSR count). The van der Waals surface area contributed by atoms with E-state index < -0.39 is 0 Å². The molecule has 3 heterocycles. The van der Waals surface area contributed by atoms with E-state index in [9.17, 15) is 14.4 Å². The van der Waals surface area contributed by atoms with Gasteiger partial charge in [0, 0.05) is 11.6 Å². The fourth-order valence-corrected chi connectivity index (χ4v) is 4.21. The molecule has 1 aromatic carbocycles. The van der Waals surface area contributed by atoms with Crippen molar-refractivity contribution in [1.82, 2.24) is 24.6 Å². The molecular formula is C22H20N6O3. The second-order valence-electron chi connectivity index (χ2n) is 7.76. The molecule has 1 aliphatic heterocycles. The van der Waals surface area contributed by atoms with Crippen molar-refractivity contribution in [2.24, 2.45) is 0 Å². The molecule has 0 radical (unpaired) electrons. The number of nitrogens with zero attached hydrogens (tertiary/aromatic N) is 5. The van der Waals surface area contributed by atoms with Crippen molar-refractivity contribution in [2.75, 3.05) is 5.32 Å². The van der Waals surface area contributed by atoms with Crippen LogP contribution in [0.4, 0.5) is 5.69 Å². The highest BCUT2D eigenvalue weighted by atomic mass is 16.2. The maximum absolute atomic E-state index is 12.9. The molecular weight excluding hydrogens is 396 g/mol. The van der Waals surface area contributed by atoms with Crippen molar-refractivity contribution < 1.29 is 14.4 Å². The van der Waals surface area contributed by atoms with E-state index in [-0.39, 0.29) is 23.8 Å². The first-order valence-electron chi connectivity index (χ1n) is 10.3. The van der Waals surface area contributed by atoms with Gasteiger partial charge in [-0.1, -0.05) is 19.3 Å². The van der Waals surface area contributed by atoms with Gasteiger partial charge in [-0.25, -0.2) is 4.98 Å². The van der Waals surface area contributed by atoms with E-state index in [2.05, 4.69) is 20.5 Å². The van der Waals surface area contributed by atoms with Crippen LogP contribution in [0, 0.1) is 0 Å². The number of amides is 3. The number of hydrogen-bond acceptors (Lipinski definition) is 6. The topological polar surface area (TPSA) is 110 Å². The second kappa shape index (κ2) is 7.75. The van der Waals surface area contributed by atoms with Crippen LogP contribution in [0.1, 0.15) is 63.2 Å². The summed E-state index contributed by atoms with van der Waals surface area (Å²) in [6, 6.07) is 8.04. The Morgan fingerprint density at radius 2 is 1.68 bits per heavy atom. The largest absolute Gasteiger partial charge is 0.321 e. The smallest absolute Gasteiger partial charge is 0.261 e. The van der Waals surface area contributed by atoms with Crippen molar-refractivity contribution in [3.05, 3.63) is 65.9 Å². The average molecular weight is 416 g/mol. The molecule has 9 heteroatoms. The number of carbonyl (C=O) groups excluding carboxylic acids is 3. The van der Waals surface area contributed by atoms with Crippen LogP contribution in [-0.2, 0) is 0 Å². The van der Waals surface area contributed by atoms with Crippen LogP contribution in [0.3, 0.4) is 0 Å². The summed E-state index contributed by atoms with van der Waals surface area (Å²) >= 11 is 0. The van der Waals surface area contributed by atoms with Gasteiger partial charge in [-0.3, -0.25) is 23.9 Å². The van der Waals surface area contributed by atoms with Crippen LogP contribution in [-0.4, -0.2) is 48.4 Å². The van der Waals surface area contributed by atoms with E-state index in [1.54, 1.807) is 28.8 Å². The molecule has 3 aromatic rings. The Hall–Kier alpha value is -3.88. The molecule has 3 amide bonds. The summed E-state index contributed by atoms with van der Waals surface area (Å²) in [6.07, 6.45) is 9.46. The van der Waals surface area contributed by atoms with E-state index in [1.165, 1.54) is 29.8 Å². The summed E-state index contributed by atoms with van der Waals surface area (Å²) in [5.41, 5.74) is 1.48. The van der Waals surface area contributed by atoms with Crippen molar-refractivity contribution in [3.63, 3.8) is 0 Å². The Balaban J connectivity index is 1.33. The van der Waals surface area contributed by atoms with Gasteiger partial charge in [-0.15, -0.1) is 10.2 Å². The molecule has 0 bridgehead atoms. The Labute approximate surface area is 178 Å². The van der Waals surface area contributed by atoms with Gasteiger partial charge >= 0.3 is 0 Å². The molecule has 31 heavy (non-hydrogen) atoms. The third-order valence-electron chi connectivity index (χ3n) is 5.81. The number of imide groups is 1. The van der Waals surface area contributed by atoms with Crippen molar-refractivity contribution in [3.8, 4) is 5.82 Å². The van der Waals surface area contributed by atoms with Crippen LogP contribution in [0.5, 0.6) is 0 Å². The van der Waals surface area contributed by atoms with Gasteiger partial charge in [0.1, 0.15) is 18.5 Å². The number of aromatic nitrogens is 4. The fraction of sp³-hybridized carbons (Fsp3) is 0.273. The summed E-state index contributed by atoms with van der Waals surface area (Å²) < 4.78 is 1.65. The van der Waals surface area contributed by atoms with Crippen LogP contribution < -0.4 is 5.32 Å². The fourth-order valence-electron chi connectivity index (χ4n) is 4.21. The number of fused-ring (bicyclic) bond motifs is 1. The van der Waals surface area contributed by atoms with Gasteiger partial charge in [0.2, 0.25) is 0 Å². The SMILES string of the molecule is O=C(Nc1ccc(-n2cnnc2)nc1)c1ccc2c(c1)C(=O)N(C1CCCCC1)C2=O. The monoisotopic (exact) mass is 416 g/mol. The summed E-state index contributed by atoms with van der Waals surface area (Å²) in [5.74, 6) is -0.320. The van der Waals surface area contributed by atoms with Crippen LogP contribution in [0.2, 0.25) is 0 Å². The molecule has 0 spiro atoms. The molecule has 1 fully saturated rings. The first kappa shape index (κ1) is 19.1. The molecule has 1 saturated carbocycles. The normalized spacial score (nSPS) is 16.5. The summed E-state index contributed by atoms with van der Waals surface area (Å²) in [4.78, 5) is 44.1. The Bertz CT molecular complexity index is 1150. The number of carbonyl (C=O) groups is 3. The Kier molecular flexibility index (Phi) is 4.78. The van der Waals surface area contributed by atoms with Crippen LogP contribution in [0.25, 0.3) is 5.82 Å². The molecule has 156 valence electrons. The molecule has 1 N–H and O–H groups in total. The van der Waals surface area contributed by atoms with Crippen molar-refractivity contribution >= 4 is 23.4 Å². The van der Waals surface area contributed by atoms with Gasteiger partial charge in [-0.05, 0) is 43.2 Å². The Morgan fingerprint density at radius 1 is 0.935 bits per heavy atom. The zero-order chi connectivity index (χ0) is 21.4. The van der Waals surface area contributed by atoms with Gasteiger partial charge in [-0.2, -0.15) is 0 Å². The number of anilines is 1. The molecule has 0 unspecified atom stereocenters. The lowest BCUT2D eigenvalue weighted by Crippen LogP contribution is -2.40. The van der Waals surface area contributed by atoms with Gasteiger partial charge < -0.3 is 5.32 Å². The van der Waals surface area contributed by atoms with Crippen LogP contribution in [0.15, 0.2) is 49.2 Å². The standard InChI is InChI=1S/C22H20N6O3/c29-20(26-15-7-9-19(23-11-15)27-12-24-25-13-27)14-6-8-17-18(10-14)22(31)28(21(17)30)16-4-2-1-3-5-16/h6-13,16H,1-5H2,(H,26,29). The van der Waals surface area contributed by atoms with Crippen LogP contribution >= 0.6 is 0 Å². The zero-order valence-corrected chi connectivity index (χ0v) is 16.7. The lowest BCUT2D eigenvalue weighted by Gasteiger charge is -2.29. The number of hydrogen-bond donors (Lipinski definition) is 1.